The molecule has 0 unspecified atom stereocenters. The van der Waals surface area contributed by atoms with Gasteiger partial charge in [0.1, 0.15) is 5.75 Å². The van der Waals surface area contributed by atoms with Crippen LogP contribution in [0, 0.1) is 16.0 Å². The van der Waals surface area contributed by atoms with E-state index in [-0.39, 0.29) is 28.1 Å². The second-order valence-electron chi connectivity index (χ2n) is 5.32. The average molecular weight is 323 g/mol. The molecule has 1 aliphatic carbocycles. The maximum atomic E-state index is 11.9. The molecule has 1 saturated carbocycles. The third-order valence-electron chi connectivity index (χ3n) is 3.64. The van der Waals surface area contributed by atoms with Crippen molar-refractivity contribution in [1.82, 2.24) is 5.32 Å². The third kappa shape index (κ3) is 4.39. The van der Waals surface area contributed by atoms with Crippen LogP contribution < -0.4 is 10.6 Å². The number of thiocarbonyl (C=S) groups is 1. The normalized spacial score (nSPS) is 14.5. The third-order valence-corrected chi connectivity index (χ3v) is 3.85. The minimum Gasteiger partial charge on any atom is -0.506 e. The molecule has 1 fully saturated rings. The molecule has 0 heterocycles. The van der Waals surface area contributed by atoms with E-state index in [2.05, 4.69) is 10.6 Å². The molecule has 1 aromatic rings. The van der Waals surface area contributed by atoms with Gasteiger partial charge in [-0.05, 0) is 37.0 Å². The summed E-state index contributed by atoms with van der Waals surface area (Å²) >= 11 is 5.00. The Morgan fingerprint density at radius 1 is 1.41 bits per heavy atom. The molecule has 0 atom stereocenters. The lowest BCUT2D eigenvalue weighted by atomic mass is 10.0. The molecule has 22 heavy (non-hydrogen) atoms. The minimum absolute atomic E-state index is 0.0128. The number of phenols is 1. The van der Waals surface area contributed by atoms with Crippen molar-refractivity contribution < 1.29 is 14.8 Å². The molecule has 1 aromatic carbocycles. The Morgan fingerprint density at radius 2 is 2.09 bits per heavy atom. The molecule has 0 radical (unpaired) electrons. The second kappa shape index (κ2) is 7.17. The summed E-state index contributed by atoms with van der Waals surface area (Å²) in [6, 6.07) is 3.54. The number of nitrogens with zero attached hydrogens (tertiary/aromatic N) is 1. The number of non-ortho nitro benzene ring substituents is 1. The van der Waals surface area contributed by atoms with Crippen molar-refractivity contribution in [3.63, 3.8) is 0 Å². The van der Waals surface area contributed by atoms with Crippen LogP contribution in [0.2, 0.25) is 0 Å². The quantitative estimate of drug-likeness (QED) is 0.340. The summed E-state index contributed by atoms with van der Waals surface area (Å²) in [6.07, 6.45) is 4.84. The van der Waals surface area contributed by atoms with Crippen molar-refractivity contribution in [2.24, 2.45) is 5.92 Å². The van der Waals surface area contributed by atoms with Crippen molar-refractivity contribution >= 4 is 34.6 Å². The van der Waals surface area contributed by atoms with Crippen LogP contribution in [0.4, 0.5) is 11.4 Å². The molecular weight excluding hydrogens is 306 g/mol. The number of benzene rings is 1. The van der Waals surface area contributed by atoms with E-state index in [4.69, 9.17) is 12.2 Å². The number of phenolic OH excluding ortho intramolecular Hbond substituents is 1. The van der Waals surface area contributed by atoms with Gasteiger partial charge in [0.25, 0.3) is 5.69 Å². The fourth-order valence-electron chi connectivity index (χ4n) is 2.55. The molecule has 118 valence electrons. The molecule has 0 spiro atoms. The van der Waals surface area contributed by atoms with Crippen molar-refractivity contribution in [1.29, 1.82) is 0 Å². The second-order valence-corrected chi connectivity index (χ2v) is 5.72. The number of hydrogen-bond acceptors (Lipinski definition) is 5. The van der Waals surface area contributed by atoms with Crippen LogP contribution in [0.25, 0.3) is 0 Å². The lowest BCUT2D eigenvalue weighted by Gasteiger charge is -2.12. The summed E-state index contributed by atoms with van der Waals surface area (Å²) in [7, 11) is 0. The number of hydrogen-bond donors (Lipinski definition) is 3. The number of amides is 1. The number of anilines is 1. The summed E-state index contributed by atoms with van der Waals surface area (Å²) in [5, 5.41) is 25.5. The SMILES string of the molecule is O=C(CC1CCCC1)NC(=S)Nc1cc([N+](=O)[O-])ccc1O. The Labute approximate surface area is 132 Å². The van der Waals surface area contributed by atoms with Gasteiger partial charge in [-0.15, -0.1) is 0 Å². The van der Waals surface area contributed by atoms with Crippen molar-refractivity contribution in [3.05, 3.63) is 28.3 Å². The van der Waals surface area contributed by atoms with E-state index >= 15 is 0 Å². The number of nitro groups is 1. The van der Waals surface area contributed by atoms with Crippen molar-refractivity contribution in [2.45, 2.75) is 32.1 Å². The van der Waals surface area contributed by atoms with Crippen LogP contribution in [0.1, 0.15) is 32.1 Å². The van der Waals surface area contributed by atoms with Crippen molar-refractivity contribution in [2.75, 3.05) is 5.32 Å². The molecule has 8 heteroatoms. The lowest BCUT2D eigenvalue weighted by molar-refractivity contribution is -0.384. The first-order chi connectivity index (χ1) is 10.5. The van der Waals surface area contributed by atoms with Crippen LogP contribution in [-0.2, 0) is 4.79 Å². The van der Waals surface area contributed by atoms with Gasteiger partial charge < -0.3 is 15.7 Å². The molecule has 0 bridgehead atoms. The summed E-state index contributed by atoms with van der Waals surface area (Å²) < 4.78 is 0. The fraction of sp³-hybridized carbons (Fsp3) is 0.429. The van der Waals surface area contributed by atoms with Gasteiger partial charge in [-0.3, -0.25) is 14.9 Å². The minimum atomic E-state index is -0.577. The first-order valence-electron chi connectivity index (χ1n) is 7.04. The topological polar surface area (TPSA) is 104 Å². The number of carbonyl (C=O) groups is 1. The molecule has 2 rings (SSSR count). The standard InChI is InChI=1S/C14H17N3O4S/c18-12-6-5-10(17(20)21)8-11(12)15-14(22)16-13(19)7-9-3-1-2-4-9/h5-6,8-9,18H,1-4,7H2,(H2,15,16,19,22). The van der Waals surface area contributed by atoms with Gasteiger partial charge in [0.2, 0.25) is 5.91 Å². The van der Waals surface area contributed by atoms with E-state index in [9.17, 15) is 20.0 Å². The van der Waals surface area contributed by atoms with E-state index in [1.165, 1.54) is 12.1 Å². The number of aromatic hydroxyl groups is 1. The van der Waals surface area contributed by atoms with Crippen molar-refractivity contribution in [3.8, 4) is 5.75 Å². The molecule has 0 aromatic heterocycles. The first kappa shape index (κ1) is 16.2. The van der Waals surface area contributed by atoms with Gasteiger partial charge in [-0.25, -0.2) is 0 Å². The summed E-state index contributed by atoms with van der Waals surface area (Å²) in [5.74, 6) is 0.0290. The van der Waals surface area contributed by atoms with Crippen LogP contribution in [-0.4, -0.2) is 21.0 Å². The predicted octanol–water partition coefficient (Wildman–Crippen LogP) is 2.69. The largest absolute Gasteiger partial charge is 0.506 e. The number of nitrogens with one attached hydrogen (secondary N) is 2. The highest BCUT2D eigenvalue weighted by Gasteiger charge is 2.19. The number of rotatable bonds is 4. The van der Waals surface area contributed by atoms with Gasteiger partial charge in [-0.2, -0.15) is 0 Å². The van der Waals surface area contributed by atoms with E-state index < -0.39 is 4.92 Å². The van der Waals surface area contributed by atoms with Gasteiger partial charge in [0.05, 0.1) is 10.6 Å². The zero-order valence-electron chi connectivity index (χ0n) is 11.9. The molecule has 0 saturated heterocycles. The lowest BCUT2D eigenvalue weighted by Crippen LogP contribution is -2.34. The van der Waals surface area contributed by atoms with Crippen LogP contribution in [0.3, 0.4) is 0 Å². The average Bonchev–Trinajstić information content (AvgIpc) is 2.93. The van der Waals surface area contributed by atoms with E-state index in [0.29, 0.717) is 12.3 Å². The van der Waals surface area contributed by atoms with Gasteiger partial charge in [0, 0.05) is 18.6 Å². The van der Waals surface area contributed by atoms with Gasteiger partial charge in [-0.1, -0.05) is 12.8 Å². The predicted molar refractivity (Wildman–Crippen MR) is 85.7 cm³/mol. The highest BCUT2D eigenvalue weighted by Crippen LogP contribution is 2.28. The summed E-state index contributed by atoms with van der Waals surface area (Å²) in [5.41, 5.74) is -0.0965. The highest BCUT2D eigenvalue weighted by molar-refractivity contribution is 7.80. The zero-order valence-corrected chi connectivity index (χ0v) is 12.7. The van der Waals surface area contributed by atoms with E-state index in [1.54, 1.807) is 0 Å². The monoisotopic (exact) mass is 323 g/mol. The number of carbonyl (C=O) groups excluding carboxylic acids is 1. The Morgan fingerprint density at radius 3 is 2.73 bits per heavy atom. The molecule has 1 aliphatic rings. The maximum Gasteiger partial charge on any atom is 0.271 e. The first-order valence-corrected chi connectivity index (χ1v) is 7.45. The highest BCUT2D eigenvalue weighted by atomic mass is 32.1. The smallest absolute Gasteiger partial charge is 0.271 e. The van der Waals surface area contributed by atoms with E-state index in [1.807, 2.05) is 0 Å². The van der Waals surface area contributed by atoms with Crippen LogP contribution in [0.15, 0.2) is 18.2 Å². The molecular formula is C14H17N3O4S. The fourth-order valence-corrected chi connectivity index (χ4v) is 2.77. The Bertz CT molecular complexity index is 600. The maximum absolute atomic E-state index is 11.9. The summed E-state index contributed by atoms with van der Waals surface area (Å²) in [6.45, 7) is 0. The molecule has 1 amide bonds. The van der Waals surface area contributed by atoms with Gasteiger partial charge in [0.15, 0.2) is 5.11 Å². The summed E-state index contributed by atoms with van der Waals surface area (Å²) in [4.78, 5) is 22.0. The molecule has 7 nitrogen and oxygen atoms in total. The number of nitro benzene ring substituents is 1. The molecule has 0 aliphatic heterocycles. The van der Waals surface area contributed by atoms with E-state index in [0.717, 1.165) is 31.7 Å². The van der Waals surface area contributed by atoms with Gasteiger partial charge >= 0.3 is 0 Å². The molecule has 3 N–H and O–H groups in total. The van der Waals surface area contributed by atoms with Crippen LogP contribution in [0.5, 0.6) is 5.75 Å². The Balaban J connectivity index is 1.92. The zero-order chi connectivity index (χ0) is 16.1. The Kier molecular flexibility index (Phi) is 5.26. The van der Waals surface area contributed by atoms with Crippen LogP contribution >= 0.6 is 12.2 Å². The Hall–Kier alpha value is -2.22.